The van der Waals surface area contributed by atoms with Crippen LogP contribution in [0.4, 0.5) is 0 Å². The van der Waals surface area contributed by atoms with Gasteiger partial charge < -0.3 is 23.8 Å². The lowest BCUT2D eigenvalue weighted by Gasteiger charge is -2.11. The molecule has 0 saturated carbocycles. The van der Waals surface area contributed by atoms with Crippen molar-refractivity contribution in [3.8, 4) is 45.4 Å². The second kappa shape index (κ2) is 9.24. The van der Waals surface area contributed by atoms with Gasteiger partial charge in [-0.15, -0.1) is 0 Å². The quantitative estimate of drug-likeness (QED) is 0.357. The monoisotopic (exact) mass is 451 g/mol. The first-order valence-corrected chi connectivity index (χ1v) is 10.3. The highest BCUT2D eigenvalue weighted by Crippen LogP contribution is 2.42. The Morgan fingerprint density at radius 3 is 2.50 bits per heavy atom. The van der Waals surface area contributed by atoms with E-state index in [1.165, 1.54) is 0 Å². The van der Waals surface area contributed by atoms with Gasteiger partial charge in [-0.25, -0.2) is 0 Å². The van der Waals surface area contributed by atoms with Crippen LogP contribution >= 0.6 is 11.6 Å². The number of benzene rings is 3. The molecule has 4 aromatic rings. The van der Waals surface area contributed by atoms with Crippen molar-refractivity contribution in [2.24, 2.45) is 0 Å². The van der Waals surface area contributed by atoms with Crippen LogP contribution in [-0.4, -0.2) is 24.5 Å². The molecule has 0 amide bonds. The number of phenolic OH excluding ortho intramolecular Hbond substituents is 1. The molecule has 4 rings (SSSR count). The zero-order valence-corrected chi connectivity index (χ0v) is 18.6. The molecule has 1 heterocycles. The largest absolute Gasteiger partial charge is 0.507 e. The van der Waals surface area contributed by atoms with Gasteiger partial charge in [0.15, 0.2) is 17.3 Å². The first kappa shape index (κ1) is 21.6. The zero-order valence-electron chi connectivity index (χ0n) is 17.9. The summed E-state index contributed by atoms with van der Waals surface area (Å²) in [5, 5.41) is 15.5. The number of nitrogens with zero attached hydrogens (tertiary/aromatic N) is 1. The molecular weight excluding hydrogens is 430 g/mol. The van der Waals surface area contributed by atoms with Gasteiger partial charge in [0, 0.05) is 11.1 Å². The summed E-state index contributed by atoms with van der Waals surface area (Å²) in [6.07, 6.45) is 0. The zero-order chi connectivity index (χ0) is 22.7. The van der Waals surface area contributed by atoms with E-state index >= 15 is 0 Å². The molecule has 0 aliphatic heterocycles. The molecular formula is C25H22ClNO5. The van der Waals surface area contributed by atoms with Crippen molar-refractivity contribution in [1.82, 2.24) is 5.16 Å². The van der Waals surface area contributed by atoms with Crippen LogP contribution in [0.15, 0.2) is 65.2 Å². The number of phenols is 1. The highest BCUT2D eigenvalue weighted by atomic mass is 35.5. The van der Waals surface area contributed by atoms with Crippen molar-refractivity contribution >= 4 is 11.6 Å². The number of aromatic hydroxyl groups is 1. The number of methoxy groups -OCH3 is 2. The standard InChI is InChI=1S/C25H22ClNO5/c1-15-24(17-7-10-22(29-2)23(12-17)30-3)25(32-27-15)20-9-8-19(13-21(20)28)31-14-16-5-4-6-18(26)11-16/h4-13,28H,14H2,1-3H3. The van der Waals surface area contributed by atoms with Gasteiger partial charge in [-0.3, -0.25) is 0 Å². The molecule has 164 valence electrons. The molecule has 6 nitrogen and oxygen atoms in total. The van der Waals surface area contributed by atoms with E-state index in [4.69, 9.17) is 30.3 Å². The Morgan fingerprint density at radius 2 is 1.78 bits per heavy atom. The van der Waals surface area contributed by atoms with Crippen LogP contribution in [0, 0.1) is 6.92 Å². The second-order valence-electron chi connectivity index (χ2n) is 7.14. The van der Waals surface area contributed by atoms with E-state index < -0.39 is 0 Å². The maximum Gasteiger partial charge on any atom is 0.178 e. The topological polar surface area (TPSA) is 74.0 Å². The average Bonchev–Trinajstić information content (AvgIpc) is 3.18. The van der Waals surface area contributed by atoms with Gasteiger partial charge in [-0.1, -0.05) is 35.0 Å². The number of aromatic nitrogens is 1. The van der Waals surface area contributed by atoms with Gasteiger partial charge in [0.25, 0.3) is 0 Å². The van der Waals surface area contributed by atoms with Crippen molar-refractivity contribution in [2.45, 2.75) is 13.5 Å². The van der Waals surface area contributed by atoms with E-state index in [0.29, 0.717) is 45.9 Å². The number of hydrogen-bond acceptors (Lipinski definition) is 6. The number of aryl methyl sites for hydroxylation is 1. The van der Waals surface area contributed by atoms with Gasteiger partial charge in [-0.2, -0.15) is 0 Å². The predicted molar refractivity (Wildman–Crippen MR) is 123 cm³/mol. The molecule has 1 N–H and O–H groups in total. The minimum absolute atomic E-state index is 0.0199. The SMILES string of the molecule is COc1ccc(-c2c(C)noc2-c2ccc(OCc3cccc(Cl)c3)cc2O)cc1OC. The van der Waals surface area contributed by atoms with Crippen LogP contribution in [-0.2, 0) is 6.61 Å². The van der Waals surface area contributed by atoms with E-state index in [2.05, 4.69) is 5.16 Å². The molecule has 0 aliphatic rings. The van der Waals surface area contributed by atoms with Gasteiger partial charge >= 0.3 is 0 Å². The molecule has 0 atom stereocenters. The van der Waals surface area contributed by atoms with Crippen molar-refractivity contribution < 1.29 is 23.8 Å². The first-order valence-electron chi connectivity index (χ1n) is 9.89. The first-order chi connectivity index (χ1) is 15.5. The summed E-state index contributed by atoms with van der Waals surface area (Å²) in [6, 6.07) is 18.1. The molecule has 0 unspecified atom stereocenters. The summed E-state index contributed by atoms with van der Waals surface area (Å²) in [5.41, 5.74) is 3.71. The Kier molecular flexibility index (Phi) is 6.23. The smallest absolute Gasteiger partial charge is 0.178 e. The Morgan fingerprint density at radius 1 is 0.969 bits per heavy atom. The van der Waals surface area contributed by atoms with Crippen molar-refractivity contribution in [2.75, 3.05) is 14.2 Å². The van der Waals surface area contributed by atoms with Gasteiger partial charge in [0.1, 0.15) is 18.1 Å². The summed E-state index contributed by atoms with van der Waals surface area (Å²) in [7, 11) is 3.17. The number of ether oxygens (including phenoxy) is 3. The Balaban J connectivity index is 1.64. The normalized spacial score (nSPS) is 10.8. The Hall–Kier alpha value is -3.64. The molecule has 0 radical (unpaired) electrons. The number of halogens is 1. The fourth-order valence-corrected chi connectivity index (χ4v) is 3.68. The third-order valence-electron chi connectivity index (χ3n) is 5.04. The maximum absolute atomic E-state index is 10.7. The molecule has 3 aromatic carbocycles. The minimum Gasteiger partial charge on any atom is -0.507 e. The highest BCUT2D eigenvalue weighted by molar-refractivity contribution is 6.30. The molecule has 0 bridgehead atoms. The average molecular weight is 452 g/mol. The molecule has 0 aliphatic carbocycles. The second-order valence-corrected chi connectivity index (χ2v) is 7.58. The van der Waals surface area contributed by atoms with Crippen LogP contribution in [0.25, 0.3) is 22.5 Å². The van der Waals surface area contributed by atoms with Gasteiger partial charge in [0.05, 0.1) is 31.0 Å². The van der Waals surface area contributed by atoms with Crippen LogP contribution in [0.2, 0.25) is 5.02 Å². The molecule has 0 saturated heterocycles. The molecule has 7 heteroatoms. The number of rotatable bonds is 7. The van der Waals surface area contributed by atoms with Gasteiger partial charge in [0.2, 0.25) is 0 Å². The van der Waals surface area contributed by atoms with Crippen LogP contribution in [0.3, 0.4) is 0 Å². The minimum atomic E-state index is 0.0199. The van der Waals surface area contributed by atoms with Crippen LogP contribution < -0.4 is 14.2 Å². The van der Waals surface area contributed by atoms with Crippen LogP contribution in [0.1, 0.15) is 11.3 Å². The third-order valence-corrected chi connectivity index (χ3v) is 5.28. The highest BCUT2D eigenvalue weighted by Gasteiger charge is 2.21. The summed E-state index contributed by atoms with van der Waals surface area (Å²) in [4.78, 5) is 0. The summed E-state index contributed by atoms with van der Waals surface area (Å²) in [6.45, 7) is 2.18. The lowest BCUT2D eigenvalue weighted by Crippen LogP contribution is -1.95. The molecule has 32 heavy (non-hydrogen) atoms. The van der Waals surface area contributed by atoms with E-state index in [9.17, 15) is 5.11 Å². The third kappa shape index (κ3) is 4.36. The van der Waals surface area contributed by atoms with Crippen molar-refractivity contribution in [3.63, 3.8) is 0 Å². The van der Waals surface area contributed by atoms with E-state index in [1.807, 2.05) is 43.3 Å². The summed E-state index contributed by atoms with van der Waals surface area (Å²) >= 11 is 6.02. The summed E-state index contributed by atoms with van der Waals surface area (Å²) < 4.78 is 22.1. The van der Waals surface area contributed by atoms with E-state index in [0.717, 1.165) is 16.7 Å². The Labute approximate surface area is 190 Å². The summed E-state index contributed by atoms with van der Waals surface area (Å²) in [5.74, 6) is 2.21. The predicted octanol–water partition coefficient (Wildman–Crippen LogP) is 6.27. The molecule has 0 spiro atoms. The van der Waals surface area contributed by atoms with Crippen LogP contribution in [0.5, 0.6) is 23.0 Å². The van der Waals surface area contributed by atoms with Gasteiger partial charge in [-0.05, 0) is 54.4 Å². The van der Waals surface area contributed by atoms with Crippen molar-refractivity contribution in [1.29, 1.82) is 0 Å². The van der Waals surface area contributed by atoms with E-state index in [-0.39, 0.29) is 5.75 Å². The Bertz CT molecular complexity index is 1250. The molecule has 1 aromatic heterocycles. The number of hydrogen-bond donors (Lipinski definition) is 1. The lowest BCUT2D eigenvalue weighted by atomic mass is 9.99. The van der Waals surface area contributed by atoms with Crippen molar-refractivity contribution in [3.05, 3.63) is 76.9 Å². The van der Waals surface area contributed by atoms with E-state index in [1.54, 1.807) is 38.5 Å². The molecule has 0 fully saturated rings. The fourth-order valence-electron chi connectivity index (χ4n) is 3.47. The lowest BCUT2D eigenvalue weighted by molar-refractivity contribution is 0.304. The fraction of sp³-hybridized carbons (Fsp3) is 0.160. The maximum atomic E-state index is 10.7.